The molecule has 10 nitrogen and oxygen atoms in total. The van der Waals surface area contributed by atoms with Crippen LogP contribution in [0.25, 0.3) is 0 Å². The van der Waals surface area contributed by atoms with Crippen molar-refractivity contribution in [1.82, 2.24) is 10.2 Å². The molecule has 4 aromatic rings. The summed E-state index contributed by atoms with van der Waals surface area (Å²) in [5.41, 5.74) is 1.25. The molecule has 228 valence electrons. The van der Waals surface area contributed by atoms with Gasteiger partial charge in [-0.05, 0) is 54.4 Å². The van der Waals surface area contributed by atoms with Crippen molar-refractivity contribution in [2.75, 3.05) is 17.4 Å². The van der Waals surface area contributed by atoms with Crippen LogP contribution >= 0.6 is 11.6 Å². The van der Waals surface area contributed by atoms with Crippen molar-refractivity contribution >= 4 is 44.8 Å². The van der Waals surface area contributed by atoms with Gasteiger partial charge in [-0.15, -0.1) is 0 Å². The van der Waals surface area contributed by atoms with Gasteiger partial charge in [-0.1, -0.05) is 72.3 Å². The number of nitro groups is 1. The van der Waals surface area contributed by atoms with E-state index in [1.807, 2.05) is 30.3 Å². The first-order chi connectivity index (χ1) is 21.1. The number of sulfonamides is 1. The van der Waals surface area contributed by atoms with E-state index in [9.17, 15) is 28.1 Å². The number of rotatable bonds is 13. The smallest absolute Gasteiger partial charge is 0.269 e. The van der Waals surface area contributed by atoms with Gasteiger partial charge in [0.15, 0.2) is 0 Å². The van der Waals surface area contributed by atoms with Crippen molar-refractivity contribution in [1.29, 1.82) is 0 Å². The second kappa shape index (κ2) is 14.6. The van der Waals surface area contributed by atoms with Crippen LogP contribution in [0.1, 0.15) is 18.1 Å². The highest BCUT2D eigenvalue weighted by Gasteiger charge is 2.34. The molecule has 0 aromatic heterocycles. The summed E-state index contributed by atoms with van der Waals surface area (Å²) in [7, 11) is -4.32. The highest BCUT2D eigenvalue weighted by molar-refractivity contribution is 7.92. The Morgan fingerprint density at radius 1 is 0.886 bits per heavy atom. The molecule has 12 heteroatoms. The summed E-state index contributed by atoms with van der Waals surface area (Å²) in [4.78, 5) is 39.8. The van der Waals surface area contributed by atoms with Gasteiger partial charge in [0.25, 0.3) is 15.7 Å². The summed E-state index contributed by atoms with van der Waals surface area (Å²) in [6, 6.07) is 27.5. The number of nitro benzene ring substituents is 1. The maximum atomic E-state index is 14.3. The molecule has 0 aliphatic heterocycles. The van der Waals surface area contributed by atoms with Gasteiger partial charge in [0.05, 0.1) is 15.5 Å². The molecule has 0 heterocycles. The Balaban J connectivity index is 1.80. The van der Waals surface area contributed by atoms with Crippen LogP contribution < -0.4 is 9.62 Å². The lowest BCUT2D eigenvalue weighted by Crippen LogP contribution is -2.53. The summed E-state index contributed by atoms with van der Waals surface area (Å²) < 4.78 is 28.8. The van der Waals surface area contributed by atoms with Gasteiger partial charge in [0, 0.05) is 36.7 Å². The number of likely N-dealkylation sites (N-methyl/N-ethyl adjacent to an activating group) is 1. The third-order valence-electron chi connectivity index (χ3n) is 6.82. The van der Waals surface area contributed by atoms with Crippen molar-refractivity contribution in [3.05, 3.63) is 135 Å². The molecule has 0 aliphatic carbocycles. The minimum absolute atomic E-state index is 0.0342. The van der Waals surface area contributed by atoms with E-state index < -0.39 is 39.3 Å². The highest BCUT2D eigenvalue weighted by Crippen LogP contribution is 2.27. The third-order valence-corrected chi connectivity index (χ3v) is 8.85. The number of non-ortho nitro benzene ring substituents is 1. The quantitative estimate of drug-likeness (QED) is 0.159. The lowest BCUT2D eigenvalue weighted by molar-refractivity contribution is -0.384. The number of nitrogens with zero attached hydrogens (tertiary/aromatic N) is 3. The Kier molecular flexibility index (Phi) is 10.7. The van der Waals surface area contributed by atoms with Gasteiger partial charge in [-0.3, -0.25) is 24.0 Å². The van der Waals surface area contributed by atoms with Crippen LogP contribution in [0.4, 0.5) is 11.4 Å². The largest absolute Gasteiger partial charge is 0.355 e. The third kappa shape index (κ3) is 8.00. The zero-order valence-corrected chi connectivity index (χ0v) is 25.4. The molecule has 0 bridgehead atoms. The first-order valence-corrected chi connectivity index (χ1v) is 15.6. The Morgan fingerprint density at radius 2 is 1.50 bits per heavy atom. The molecule has 0 fully saturated rings. The molecule has 0 radical (unpaired) electrons. The van der Waals surface area contributed by atoms with E-state index in [4.69, 9.17) is 11.6 Å². The standard InChI is InChI=1S/C32H31ClN4O6S/c1-2-34-32(39)30(21-24-10-5-3-6-11-24)35(22-25-12-9-13-26(33)20-25)31(38)23-36(27-16-18-28(19-17-27)37(40)41)44(42,43)29-14-7-4-8-15-29/h3-20,30H,2,21-23H2,1H3,(H,34,39)/t30-/m0/s1. The minimum Gasteiger partial charge on any atom is -0.355 e. The SMILES string of the molecule is CCNC(=O)[C@H](Cc1ccccc1)N(Cc1cccc(Cl)c1)C(=O)CN(c1ccc([N+](=O)[O-])cc1)S(=O)(=O)c1ccccc1. The maximum Gasteiger partial charge on any atom is 0.269 e. The molecular weight excluding hydrogens is 604 g/mol. The number of hydrogen-bond acceptors (Lipinski definition) is 6. The average Bonchev–Trinajstić information content (AvgIpc) is 3.02. The zero-order chi connectivity index (χ0) is 31.7. The fraction of sp³-hybridized carbons (Fsp3) is 0.188. The fourth-order valence-corrected chi connectivity index (χ4v) is 6.32. The number of benzene rings is 4. The number of carbonyl (C=O) groups excluding carboxylic acids is 2. The van der Waals surface area contributed by atoms with Crippen molar-refractivity contribution in [3.8, 4) is 0 Å². The van der Waals surface area contributed by atoms with Crippen LogP contribution in [0, 0.1) is 10.1 Å². The van der Waals surface area contributed by atoms with Crippen LogP contribution in [-0.2, 0) is 32.6 Å². The predicted octanol–water partition coefficient (Wildman–Crippen LogP) is 5.22. The molecule has 0 saturated carbocycles. The zero-order valence-electron chi connectivity index (χ0n) is 23.9. The van der Waals surface area contributed by atoms with Gasteiger partial charge < -0.3 is 10.2 Å². The molecule has 4 rings (SSSR count). The molecule has 1 N–H and O–H groups in total. The molecule has 0 unspecified atom stereocenters. The first kappa shape index (κ1) is 32.2. The molecular formula is C32H31ClN4O6S. The minimum atomic E-state index is -4.32. The molecule has 4 aromatic carbocycles. The van der Waals surface area contributed by atoms with Gasteiger partial charge in [0.2, 0.25) is 11.8 Å². The lowest BCUT2D eigenvalue weighted by atomic mass is 10.0. The van der Waals surface area contributed by atoms with E-state index in [1.54, 1.807) is 49.4 Å². The van der Waals surface area contributed by atoms with Gasteiger partial charge in [0.1, 0.15) is 12.6 Å². The molecule has 0 spiro atoms. The number of hydrogen-bond donors (Lipinski definition) is 1. The fourth-order valence-electron chi connectivity index (χ4n) is 4.67. The summed E-state index contributed by atoms with van der Waals surface area (Å²) in [6.45, 7) is 1.37. The number of carbonyl (C=O) groups is 2. The van der Waals surface area contributed by atoms with E-state index in [-0.39, 0.29) is 29.2 Å². The van der Waals surface area contributed by atoms with E-state index in [2.05, 4.69) is 5.32 Å². The number of halogens is 1. The highest BCUT2D eigenvalue weighted by atomic mass is 35.5. The Bertz CT molecular complexity index is 1700. The van der Waals surface area contributed by atoms with Crippen LogP contribution in [0.2, 0.25) is 5.02 Å². The normalized spacial score (nSPS) is 11.8. The summed E-state index contributed by atoms with van der Waals surface area (Å²) in [6.07, 6.45) is 0.169. The van der Waals surface area contributed by atoms with Crippen molar-refractivity contribution in [2.24, 2.45) is 0 Å². The van der Waals surface area contributed by atoms with Gasteiger partial charge in [-0.25, -0.2) is 8.42 Å². The topological polar surface area (TPSA) is 130 Å². The Morgan fingerprint density at radius 3 is 2.09 bits per heavy atom. The molecule has 1 atom stereocenters. The van der Waals surface area contributed by atoms with Crippen LogP contribution in [-0.4, -0.2) is 49.2 Å². The number of nitrogens with one attached hydrogen (secondary N) is 1. The molecule has 44 heavy (non-hydrogen) atoms. The Labute approximate surface area is 261 Å². The molecule has 2 amide bonds. The van der Waals surface area contributed by atoms with Crippen molar-refractivity contribution in [2.45, 2.75) is 30.8 Å². The molecule has 0 saturated heterocycles. The van der Waals surface area contributed by atoms with Crippen LogP contribution in [0.15, 0.2) is 114 Å². The summed E-state index contributed by atoms with van der Waals surface area (Å²) in [5, 5.41) is 14.5. The van der Waals surface area contributed by atoms with E-state index in [1.165, 1.54) is 41.3 Å². The van der Waals surface area contributed by atoms with Crippen molar-refractivity contribution in [3.63, 3.8) is 0 Å². The number of amides is 2. The first-order valence-electron chi connectivity index (χ1n) is 13.8. The second-order valence-electron chi connectivity index (χ2n) is 9.85. The maximum absolute atomic E-state index is 14.3. The summed E-state index contributed by atoms with van der Waals surface area (Å²) in [5.74, 6) is -1.06. The monoisotopic (exact) mass is 634 g/mol. The van der Waals surface area contributed by atoms with Crippen LogP contribution in [0.3, 0.4) is 0 Å². The Hall–Kier alpha value is -4.74. The summed E-state index contributed by atoms with van der Waals surface area (Å²) >= 11 is 6.24. The predicted molar refractivity (Wildman–Crippen MR) is 169 cm³/mol. The van der Waals surface area contributed by atoms with Gasteiger partial charge in [-0.2, -0.15) is 0 Å². The average molecular weight is 635 g/mol. The second-order valence-corrected chi connectivity index (χ2v) is 12.1. The van der Waals surface area contributed by atoms with E-state index >= 15 is 0 Å². The van der Waals surface area contributed by atoms with Crippen molar-refractivity contribution < 1.29 is 22.9 Å². The van der Waals surface area contributed by atoms with Gasteiger partial charge >= 0.3 is 0 Å². The van der Waals surface area contributed by atoms with E-state index in [0.29, 0.717) is 17.1 Å². The van der Waals surface area contributed by atoms with Crippen LogP contribution in [0.5, 0.6) is 0 Å². The lowest BCUT2D eigenvalue weighted by Gasteiger charge is -2.33. The number of anilines is 1. The van der Waals surface area contributed by atoms with E-state index in [0.717, 1.165) is 9.87 Å². The molecule has 0 aliphatic rings.